The number of hydrogen-bond donors (Lipinski definition) is 2. The Morgan fingerprint density at radius 3 is 1.80 bits per heavy atom. The van der Waals surface area contributed by atoms with Gasteiger partial charge in [-0.1, -0.05) is 103 Å². The Morgan fingerprint density at radius 2 is 1.20 bits per heavy atom. The number of benzene rings is 4. The zero-order valence-corrected chi connectivity index (χ0v) is 19.8. The summed E-state index contributed by atoms with van der Waals surface area (Å²) in [6.07, 6.45) is 0.169. The highest BCUT2D eigenvalue weighted by Crippen LogP contribution is 2.21. The molecule has 7 heteroatoms. The SMILES string of the molecule is O=C(NOCc1ccccc1)C(Cc1ccccc1)NS(=O)(=O)c1ccc(-c2ccccc2)cc1. The van der Waals surface area contributed by atoms with Crippen molar-refractivity contribution >= 4 is 15.9 Å². The van der Waals surface area contributed by atoms with E-state index in [0.29, 0.717) is 0 Å². The van der Waals surface area contributed by atoms with E-state index in [9.17, 15) is 13.2 Å². The van der Waals surface area contributed by atoms with E-state index in [0.717, 1.165) is 22.3 Å². The van der Waals surface area contributed by atoms with E-state index in [2.05, 4.69) is 10.2 Å². The Kier molecular flexibility index (Phi) is 8.05. The highest BCUT2D eigenvalue weighted by molar-refractivity contribution is 7.89. The molecule has 35 heavy (non-hydrogen) atoms. The lowest BCUT2D eigenvalue weighted by molar-refractivity contribution is -0.136. The zero-order valence-electron chi connectivity index (χ0n) is 19.0. The van der Waals surface area contributed by atoms with Crippen molar-refractivity contribution in [1.29, 1.82) is 0 Å². The topological polar surface area (TPSA) is 84.5 Å². The lowest BCUT2D eigenvalue weighted by Crippen LogP contribution is -2.47. The second kappa shape index (κ2) is 11.6. The third-order valence-electron chi connectivity index (χ3n) is 5.42. The Balaban J connectivity index is 1.48. The van der Waals surface area contributed by atoms with Gasteiger partial charge in [-0.15, -0.1) is 0 Å². The van der Waals surface area contributed by atoms with Crippen molar-refractivity contribution in [3.8, 4) is 11.1 Å². The smallest absolute Gasteiger partial charge is 0.262 e. The van der Waals surface area contributed by atoms with Crippen LogP contribution in [0.25, 0.3) is 11.1 Å². The number of amides is 1. The van der Waals surface area contributed by atoms with E-state index in [-0.39, 0.29) is 17.9 Å². The van der Waals surface area contributed by atoms with Gasteiger partial charge >= 0.3 is 0 Å². The van der Waals surface area contributed by atoms with Gasteiger partial charge in [0.25, 0.3) is 5.91 Å². The number of carbonyl (C=O) groups excluding carboxylic acids is 1. The number of hydroxylamine groups is 1. The molecule has 0 radical (unpaired) electrons. The van der Waals surface area contributed by atoms with Crippen LogP contribution >= 0.6 is 0 Å². The van der Waals surface area contributed by atoms with Crippen LogP contribution in [0.1, 0.15) is 11.1 Å². The predicted molar refractivity (Wildman–Crippen MR) is 136 cm³/mol. The maximum atomic E-state index is 13.1. The first-order chi connectivity index (χ1) is 17.0. The average Bonchev–Trinajstić information content (AvgIpc) is 2.90. The van der Waals surface area contributed by atoms with Crippen LogP contribution in [0.2, 0.25) is 0 Å². The molecule has 6 nitrogen and oxygen atoms in total. The molecule has 4 aromatic carbocycles. The van der Waals surface area contributed by atoms with Gasteiger partial charge in [0.2, 0.25) is 10.0 Å². The van der Waals surface area contributed by atoms with E-state index in [1.807, 2.05) is 91.0 Å². The molecule has 4 rings (SSSR count). The quantitative estimate of drug-likeness (QED) is 0.324. The van der Waals surface area contributed by atoms with E-state index in [1.165, 1.54) is 12.1 Å². The van der Waals surface area contributed by atoms with Crippen LogP contribution in [0.3, 0.4) is 0 Å². The lowest BCUT2D eigenvalue weighted by Gasteiger charge is -2.19. The third kappa shape index (κ3) is 6.86. The molecule has 0 heterocycles. The largest absolute Gasteiger partial charge is 0.271 e. The zero-order chi connectivity index (χ0) is 24.5. The molecule has 0 fully saturated rings. The number of nitrogens with one attached hydrogen (secondary N) is 2. The molecule has 2 N–H and O–H groups in total. The Hall–Kier alpha value is -3.78. The second-order valence-electron chi connectivity index (χ2n) is 7.99. The molecular weight excluding hydrogens is 460 g/mol. The maximum Gasteiger partial charge on any atom is 0.262 e. The van der Waals surface area contributed by atoms with Gasteiger partial charge in [0.15, 0.2) is 0 Å². The van der Waals surface area contributed by atoms with Crippen molar-refractivity contribution in [3.05, 3.63) is 126 Å². The summed E-state index contributed by atoms with van der Waals surface area (Å²) >= 11 is 0. The number of sulfonamides is 1. The fraction of sp³-hybridized carbons (Fsp3) is 0.107. The molecule has 0 spiro atoms. The van der Waals surface area contributed by atoms with Gasteiger partial charge in [0.1, 0.15) is 6.04 Å². The van der Waals surface area contributed by atoms with Gasteiger partial charge in [-0.3, -0.25) is 9.63 Å². The Morgan fingerprint density at radius 1 is 0.686 bits per heavy atom. The van der Waals surface area contributed by atoms with Crippen LogP contribution < -0.4 is 10.2 Å². The minimum absolute atomic E-state index is 0.0771. The van der Waals surface area contributed by atoms with Crippen molar-refractivity contribution in [3.63, 3.8) is 0 Å². The van der Waals surface area contributed by atoms with Crippen molar-refractivity contribution in [1.82, 2.24) is 10.2 Å². The summed E-state index contributed by atoms with van der Waals surface area (Å²) < 4.78 is 28.8. The molecular formula is C28H26N2O4S. The lowest BCUT2D eigenvalue weighted by atomic mass is 10.1. The van der Waals surface area contributed by atoms with Gasteiger partial charge in [0, 0.05) is 0 Å². The normalized spacial score (nSPS) is 12.1. The van der Waals surface area contributed by atoms with E-state index >= 15 is 0 Å². The number of hydrogen-bond acceptors (Lipinski definition) is 4. The standard InChI is InChI=1S/C28H26N2O4S/c31-28(29-34-21-23-12-6-2-7-13-23)27(20-22-10-4-1-5-11-22)30-35(32,33)26-18-16-25(17-19-26)24-14-8-3-9-15-24/h1-19,27,30H,20-21H2,(H,29,31). The minimum Gasteiger partial charge on any atom is -0.271 e. The highest BCUT2D eigenvalue weighted by atomic mass is 32.2. The summed E-state index contributed by atoms with van der Waals surface area (Å²) in [4.78, 5) is 18.4. The van der Waals surface area contributed by atoms with Crippen LogP contribution in [0.4, 0.5) is 0 Å². The summed E-state index contributed by atoms with van der Waals surface area (Å²) in [6.45, 7) is 0.165. The summed E-state index contributed by atoms with van der Waals surface area (Å²) in [5, 5.41) is 0. The first-order valence-corrected chi connectivity index (χ1v) is 12.7. The fourth-order valence-electron chi connectivity index (χ4n) is 3.59. The van der Waals surface area contributed by atoms with Gasteiger partial charge in [-0.05, 0) is 40.8 Å². The van der Waals surface area contributed by atoms with Gasteiger partial charge < -0.3 is 0 Å². The molecule has 0 aliphatic carbocycles. The molecule has 1 amide bonds. The van der Waals surface area contributed by atoms with E-state index in [1.54, 1.807) is 12.1 Å². The molecule has 0 aliphatic rings. The van der Waals surface area contributed by atoms with E-state index < -0.39 is 22.0 Å². The van der Waals surface area contributed by atoms with Crippen molar-refractivity contribution in [2.24, 2.45) is 0 Å². The van der Waals surface area contributed by atoms with Crippen molar-refractivity contribution in [2.45, 2.75) is 24.0 Å². The molecule has 178 valence electrons. The Bertz CT molecular complexity index is 1330. The number of carbonyl (C=O) groups is 1. The molecule has 4 aromatic rings. The highest BCUT2D eigenvalue weighted by Gasteiger charge is 2.26. The summed E-state index contributed by atoms with van der Waals surface area (Å²) in [7, 11) is -3.97. The second-order valence-corrected chi connectivity index (χ2v) is 9.71. The van der Waals surface area contributed by atoms with Crippen molar-refractivity contribution in [2.75, 3.05) is 0 Å². The molecule has 0 bridgehead atoms. The maximum absolute atomic E-state index is 13.1. The summed E-state index contributed by atoms with van der Waals surface area (Å²) in [6, 6.07) is 33.8. The van der Waals surface area contributed by atoms with Gasteiger partial charge in [0.05, 0.1) is 11.5 Å². The van der Waals surface area contributed by atoms with Gasteiger partial charge in [-0.25, -0.2) is 13.9 Å². The predicted octanol–water partition coefficient (Wildman–Crippen LogP) is 4.49. The molecule has 1 atom stereocenters. The minimum atomic E-state index is -3.97. The van der Waals surface area contributed by atoms with E-state index in [4.69, 9.17) is 4.84 Å². The Labute approximate surface area is 205 Å². The third-order valence-corrected chi connectivity index (χ3v) is 6.91. The van der Waals surface area contributed by atoms with Gasteiger partial charge in [-0.2, -0.15) is 4.72 Å². The molecule has 0 saturated carbocycles. The molecule has 0 aliphatic heterocycles. The first kappa shape index (κ1) is 24.3. The summed E-state index contributed by atoms with van der Waals surface area (Å²) in [5.74, 6) is -0.575. The van der Waals surface area contributed by atoms with Crippen LogP contribution in [0.15, 0.2) is 120 Å². The van der Waals surface area contributed by atoms with Crippen LogP contribution in [-0.2, 0) is 32.7 Å². The summed E-state index contributed by atoms with van der Waals surface area (Å²) in [5.41, 5.74) is 5.98. The molecule has 1 unspecified atom stereocenters. The van der Waals surface area contributed by atoms with Crippen LogP contribution in [-0.4, -0.2) is 20.4 Å². The number of rotatable bonds is 10. The molecule has 0 saturated heterocycles. The van der Waals surface area contributed by atoms with Crippen LogP contribution in [0.5, 0.6) is 0 Å². The average molecular weight is 487 g/mol. The van der Waals surface area contributed by atoms with Crippen LogP contribution in [0, 0.1) is 0 Å². The molecule has 0 aromatic heterocycles. The monoisotopic (exact) mass is 486 g/mol. The van der Waals surface area contributed by atoms with Crippen molar-refractivity contribution < 1.29 is 18.0 Å². The first-order valence-electron chi connectivity index (χ1n) is 11.2. The fourth-order valence-corrected chi connectivity index (χ4v) is 4.78.